The fourth-order valence-corrected chi connectivity index (χ4v) is 4.34. The van der Waals surface area contributed by atoms with Gasteiger partial charge in [-0.05, 0) is 75.9 Å². The molecule has 1 N–H and O–H groups in total. The number of aryl methyl sites for hydroxylation is 3. The number of nitrogens with zero attached hydrogens (tertiary/aromatic N) is 1. The summed E-state index contributed by atoms with van der Waals surface area (Å²) in [7, 11) is 0. The second-order valence-corrected chi connectivity index (χ2v) is 11.0. The van der Waals surface area contributed by atoms with E-state index in [-0.39, 0.29) is 25.0 Å². The molecule has 0 bridgehead atoms. The van der Waals surface area contributed by atoms with E-state index in [0.29, 0.717) is 17.2 Å². The number of nitrogens with one attached hydrogen (secondary N) is 1. The van der Waals surface area contributed by atoms with Crippen LogP contribution in [0.5, 0.6) is 5.75 Å². The van der Waals surface area contributed by atoms with Gasteiger partial charge in [-0.1, -0.05) is 71.8 Å². The lowest BCUT2D eigenvalue weighted by atomic mass is 10.0. The summed E-state index contributed by atoms with van der Waals surface area (Å²) in [4.78, 5) is 29.0. The van der Waals surface area contributed by atoms with Crippen molar-refractivity contribution in [2.24, 2.45) is 0 Å². The topological polar surface area (TPSA) is 58.6 Å². The van der Waals surface area contributed by atoms with E-state index in [1.165, 1.54) is 0 Å². The van der Waals surface area contributed by atoms with Gasteiger partial charge in [0.1, 0.15) is 11.8 Å². The summed E-state index contributed by atoms with van der Waals surface area (Å²) in [5, 5.41) is 3.76. The molecule has 3 aromatic carbocycles. The van der Waals surface area contributed by atoms with Crippen LogP contribution in [0.2, 0.25) is 5.02 Å². The SMILES string of the molecule is Cc1cccc(CN(C(=O)COc2cc(C)c(Cl)c(C)c2)C(Cc2ccccc2)C(=O)NC(C)(C)C)c1. The minimum absolute atomic E-state index is 0.194. The molecule has 0 saturated carbocycles. The zero-order valence-electron chi connectivity index (χ0n) is 22.6. The molecule has 2 amide bonds. The van der Waals surface area contributed by atoms with E-state index >= 15 is 0 Å². The van der Waals surface area contributed by atoms with E-state index in [4.69, 9.17) is 16.3 Å². The van der Waals surface area contributed by atoms with Crippen LogP contribution in [-0.4, -0.2) is 34.9 Å². The van der Waals surface area contributed by atoms with Gasteiger partial charge in [0, 0.05) is 23.5 Å². The molecule has 0 saturated heterocycles. The van der Waals surface area contributed by atoms with Crippen molar-refractivity contribution in [3.63, 3.8) is 0 Å². The highest BCUT2D eigenvalue weighted by atomic mass is 35.5. The van der Waals surface area contributed by atoms with E-state index in [1.807, 2.05) is 108 Å². The summed E-state index contributed by atoms with van der Waals surface area (Å²) in [5.74, 6) is 0.106. The Morgan fingerprint density at radius 3 is 2.14 bits per heavy atom. The van der Waals surface area contributed by atoms with Crippen LogP contribution in [0.1, 0.15) is 48.6 Å². The Balaban J connectivity index is 1.94. The van der Waals surface area contributed by atoms with Crippen molar-refractivity contribution in [3.05, 3.63) is 99.6 Å². The lowest BCUT2D eigenvalue weighted by molar-refractivity contribution is -0.143. The molecule has 37 heavy (non-hydrogen) atoms. The summed E-state index contributed by atoms with van der Waals surface area (Å²) in [5.41, 5.74) is 4.34. The second kappa shape index (κ2) is 12.3. The zero-order valence-corrected chi connectivity index (χ0v) is 23.4. The van der Waals surface area contributed by atoms with Crippen LogP contribution >= 0.6 is 11.6 Å². The Morgan fingerprint density at radius 1 is 0.919 bits per heavy atom. The van der Waals surface area contributed by atoms with E-state index in [0.717, 1.165) is 27.8 Å². The largest absolute Gasteiger partial charge is 0.484 e. The number of amides is 2. The molecule has 0 aliphatic heterocycles. The van der Waals surface area contributed by atoms with Crippen LogP contribution in [0.4, 0.5) is 0 Å². The van der Waals surface area contributed by atoms with Gasteiger partial charge in [0.25, 0.3) is 5.91 Å². The molecule has 1 unspecified atom stereocenters. The molecule has 0 aromatic heterocycles. The maximum Gasteiger partial charge on any atom is 0.261 e. The average molecular weight is 521 g/mol. The molecule has 0 spiro atoms. The highest BCUT2D eigenvalue weighted by molar-refractivity contribution is 6.32. The number of rotatable bonds is 9. The first kappa shape index (κ1) is 28.3. The van der Waals surface area contributed by atoms with Crippen molar-refractivity contribution >= 4 is 23.4 Å². The van der Waals surface area contributed by atoms with Gasteiger partial charge in [0.15, 0.2) is 6.61 Å². The predicted molar refractivity (Wildman–Crippen MR) is 150 cm³/mol. The highest BCUT2D eigenvalue weighted by Crippen LogP contribution is 2.26. The van der Waals surface area contributed by atoms with Gasteiger partial charge >= 0.3 is 0 Å². The molecule has 0 radical (unpaired) electrons. The fourth-order valence-electron chi connectivity index (χ4n) is 4.23. The van der Waals surface area contributed by atoms with Gasteiger partial charge in [-0.15, -0.1) is 0 Å². The van der Waals surface area contributed by atoms with Crippen LogP contribution in [0, 0.1) is 20.8 Å². The Kier molecular flexibility index (Phi) is 9.39. The van der Waals surface area contributed by atoms with Gasteiger partial charge in [-0.25, -0.2) is 0 Å². The zero-order chi connectivity index (χ0) is 27.2. The van der Waals surface area contributed by atoms with Crippen molar-refractivity contribution in [1.29, 1.82) is 0 Å². The first-order chi connectivity index (χ1) is 17.4. The molecule has 5 nitrogen and oxygen atoms in total. The van der Waals surface area contributed by atoms with Crippen LogP contribution in [0.3, 0.4) is 0 Å². The van der Waals surface area contributed by atoms with E-state index in [1.54, 1.807) is 4.90 Å². The third-order valence-corrected chi connectivity index (χ3v) is 6.57. The summed E-state index contributed by atoms with van der Waals surface area (Å²) >= 11 is 6.30. The molecule has 0 aliphatic rings. The lowest BCUT2D eigenvalue weighted by Gasteiger charge is -2.34. The van der Waals surface area contributed by atoms with Gasteiger partial charge in [0.2, 0.25) is 5.91 Å². The third-order valence-electron chi connectivity index (χ3n) is 5.98. The van der Waals surface area contributed by atoms with Crippen molar-refractivity contribution in [1.82, 2.24) is 10.2 Å². The maximum absolute atomic E-state index is 13.7. The smallest absolute Gasteiger partial charge is 0.261 e. The molecule has 0 heterocycles. The molecule has 0 aliphatic carbocycles. The van der Waals surface area contributed by atoms with Crippen LogP contribution in [0.25, 0.3) is 0 Å². The standard InChI is InChI=1S/C31H37ClN2O3/c1-21-11-10-14-25(15-21)19-34(28(35)20-37-26-16-22(2)29(32)23(3)17-26)27(30(36)33-31(4,5)6)18-24-12-8-7-9-13-24/h7-17,27H,18-20H2,1-6H3,(H,33,36). The second-order valence-electron chi connectivity index (χ2n) is 10.6. The van der Waals surface area contributed by atoms with E-state index in [2.05, 4.69) is 5.32 Å². The Morgan fingerprint density at radius 2 is 1.54 bits per heavy atom. The summed E-state index contributed by atoms with van der Waals surface area (Å²) in [6.07, 6.45) is 0.388. The molecule has 6 heteroatoms. The molecular formula is C31H37ClN2O3. The molecule has 3 aromatic rings. The number of hydrogen-bond acceptors (Lipinski definition) is 3. The quantitative estimate of drug-likeness (QED) is 0.365. The minimum atomic E-state index is -0.716. The van der Waals surface area contributed by atoms with Crippen LogP contribution < -0.4 is 10.1 Å². The van der Waals surface area contributed by atoms with Gasteiger partial charge in [-0.2, -0.15) is 0 Å². The van der Waals surface area contributed by atoms with Gasteiger partial charge in [-0.3, -0.25) is 9.59 Å². The van der Waals surface area contributed by atoms with Crippen molar-refractivity contribution in [2.45, 2.75) is 66.1 Å². The lowest BCUT2D eigenvalue weighted by Crippen LogP contribution is -2.55. The average Bonchev–Trinajstić information content (AvgIpc) is 2.82. The molecule has 196 valence electrons. The maximum atomic E-state index is 13.7. The van der Waals surface area contributed by atoms with Crippen molar-refractivity contribution in [2.75, 3.05) is 6.61 Å². The highest BCUT2D eigenvalue weighted by Gasteiger charge is 2.32. The number of halogens is 1. The number of carbonyl (C=O) groups is 2. The molecule has 3 rings (SSSR count). The molecule has 1 atom stereocenters. The number of benzene rings is 3. The predicted octanol–water partition coefficient (Wildman–Crippen LogP) is 6.20. The third kappa shape index (κ3) is 8.36. The minimum Gasteiger partial charge on any atom is -0.484 e. The van der Waals surface area contributed by atoms with Gasteiger partial charge in [0.05, 0.1) is 0 Å². The fraction of sp³-hybridized carbons (Fsp3) is 0.355. The first-order valence-electron chi connectivity index (χ1n) is 12.5. The number of carbonyl (C=O) groups excluding carboxylic acids is 2. The van der Waals surface area contributed by atoms with E-state index in [9.17, 15) is 9.59 Å². The van der Waals surface area contributed by atoms with Gasteiger partial charge < -0.3 is 15.0 Å². The number of hydrogen-bond donors (Lipinski definition) is 1. The summed E-state index contributed by atoms with van der Waals surface area (Å²) in [6.45, 7) is 11.7. The Bertz CT molecular complexity index is 1210. The first-order valence-corrected chi connectivity index (χ1v) is 12.9. The van der Waals surface area contributed by atoms with E-state index < -0.39 is 11.6 Å². The van der Waals surface area contributed by atoms with Crippen LogP contribution in [0.15, 0.2) is 66.7 Å². The number of ether oxygens (including phenoxy) is 1. The molecule has 0 fully saturated rings. The Labute approximate surface area is 225 Å². The summed E-state index contributed by atoms with van der Waals surface area (Å²) in [6, 6.07) is 20.7. The Hall–Kier alpha value is -3.31. The van der Waals surface area contributed by atoms with Crippen molar-refractivity contribution in [3.8, 4) is 5.75 Å². The summed E-state index contributed by atoms with van der Waals surface area (Å²) < 4.78 is 5.93. The van der Waals surface area contributed by atoms with Crippen molar-refractivity contribution < 1.29 is 14.3 Å². The van der Waals surface area contributed by atoms with Crippen LogP contribution in [-0.2, 0) is 22.6 Å². The normalized spacial score (nSPS) is 12.1. The molecular weight excluding hydrogens is 484 g/mol. The monoisotopic (exact) mass is 520 g/mol.